The zero-order chi connectivity index (χ0) is 18.4. The summed E-state index contributed by atoms with van der Waals surface area (Å²) in [5, 5.41) is 0. The van der Waals surface area contributed by atoms with E-state index in [2.05, 4.69) is 19.8 Å². The second-order valence-corrected chi connectivity index (χ2v) is 8.14. The van der Waals surface area contributed by atoms with Crippen LogP contribution in [-0.2, 0) is 24.1 Å². The van der Waals surface area contributed by atoms with Crippen LogP contribution in [0.1, 0.15) is 29.1 Å². The van der Waals surface area contributed by atoms with E-state index in [9.17, 15) is 4.79 Å². The standard InChI is InChI=1S/C21H25N5O/c1-14-23-19-6-2-5-18(19)21(24-14)26-12-16-10-25(11-17(16)13-26)20(27)8-15-4-3-7-22-9-15/h3-4,7,9,16-17H,2,5-6,8,10-13H2,1H3. The van der Waals surface area contributed by atoms with Crippen molar-refractivity contribution in [2.45, 2.75) is 32.6 Å². The smallest absolute Gasteiger partial charge is 0.227 e. The summed E-state index contributed by atoms with van der Waals surface area (Å²) < 4.78 is 0. The van der Waals surface area contributed by atoms with Crippen molar-refractivity contribution >= 4 is 11.7 Å². The normalized spacial score (nSPS) is 23.6. The molecule has 0 radical (unpaired) electrons. The van der Waals surface area contributed by atoms with Crippen molar-refractivity contribution in [3.8, 4) is 0 Å². The molecule has 1 amide bonds. The molecular weight excluding hydrogens is 338 g/mol. The molecule has 2 fully saturated rings. The molecular formula is C21H25N5O. The Morgan fingerprint density at radius 2 is 1.96 bits per heavy atom. The van der Waals surface area contributed by atoms with Crippen LogP contribution >= 0.6 is 0 Å². The van der Waals surface area contributed by atoms with Crippen LogP contribution in [-0.4, -0.2) is 51.9 Å². The van der Waals surface area contributed by atoms with Gasteiger partial charge in [-0.2, -0.15) is 0 Å². The lowest BCUT2D eigenvalue weighted by molar-refractivity contribution is -0.129. The van der Waals surface area contributed by atoms with Crippen molar-refractivity contribution in [1.29, 1.82) is 0 Å². The third-order valence-corrected chi connectivity index (χ3v) is 6.24. The molecule has 2 unspecified atom stereocenters. The fraction of sp³-hybridized carbons (Fsp3) is 0.524. The van der Waals surface area contributed by atoms with E-state index in [1.807, 2.05) is 19.1 Å². The molecule has 6 nitrogen and oxygen atoms in total. The highest BCUT2D eigenvalue weighted by molar-refractivity contribution is 5.79. The Morgan fingerprint density at radius 1 is 1.15 bits per heavy atom. The molecule has 2 atom stereocenters. The van der Waals surface area contributed by atoms with Gasteiger partial charge in [-0.25, -0.2) is 9.97 Å². The number of aryl methyl sites for hydroxylation is 2. The van der Waals surface area contributed by atoms with Crippen molar-refractivity contribution in [3.63, 3.8) is 0 Å². The molecule has 2 aromatic rings. The van der Waals surface area contributed by atoms with Crippen molar-refractivity contribution < 1.29 is 4.79 Å². The van der Waals surface area contributed by atoms with Crippen molar-refractivity contribution in [1.82, 2.24) is 19.9 Å². The molecule has 140 valence electrons. The highest BCUT2D eigenvalue weighted by Crippen LogP contribution is 2.37. The fourth-order valence-corrected chi connectivity index (χ4v) is 4.95. The summed E-state index contributed by atoms with van der Waals surface area (Å²) in [7, 11) is 0. The lowest BCUT2D eigenvalue weighted by atomic mass is 10.0. The van der Waals surface area contributed by atoms with Crippen LogP contribution in [0.5, 0.6) is 0 Å². The largest absolute Gasteiger partial charge is 0.356 e. The van der Waals surface area contributed by atoms with Crippen molar-refractivity contribution in [3.05, 3.63) is 47.2 Å². The summed E-state index contributed by atoms with van der Waals surface area (Å²) in [5.41, 5.74) is 3.61. The number of carbonyl (C=O) groups excluding carboxylic acids is 1. The Kier molecular flexibility index (Phi) is 4.06. The van der Waals surface area contributed by atoms with Crippen LogP contribution in [0.15, 0.2) is 24.5 Å². The molecule has 6 heteroatoms. The van der Waals surface area contributed by atoms with Gasteiger partial charge in [-0.15, -0.1) is 0 Å². The molecule has 2 saturated heterocycles. The summed E-state index contributed by atoms with van der Waals surface area (Å²) in [6.07, 6.45) is 7.37. The number of nitrogens with zero attached hydrogens (tertiary/aromatic N) is 5. The molecule has 4 heterocycles. The SMILES string of the molecule is Cc1nc2c(c(N3CC4CN(C(=O)Cc5cccnc5)CC4C3)n1)CCC2. The van der Waals surface area contributed by atoms with E-state index < -0.39 is 0 Å². The lowest BCUT2D eigenvalue weighted by Crippen LogP contribution is -2.34. The number of rotatable bonds is 3. The second-order valence-electron chi connectivity index (χ2n) is 8.14. The summed E-state index contributed by atoms with van der Waals surface area (Å²) in [6.45, 7) is 5.74. The number of anilines is 1. The van der Waals surface area contributed by atoms with Crippen LogP contribution < -0.4 is 4.90 Å². The van der Waals surface area contributed by atoms with E-state index in [1.165, 1.54) is 17.7 Å². The number of likely N-dealkylation sites (tertiary alicyclic amines) is 1. The van der Waals surface area contributed by atoms with Crippen LogP contribution in [0.4, 0.5) is 5.82 Å². The van der Waals surface area contributed by atoms with Gasteiger partial charge in [0.1, 0.15) is 11.6 Å². The van der Waals surface area contributed by atoms with Gasteiger partial charge in [0.25, 0.3) is 0 Å². The highest BCUT2D eigenvalue weighted by atomic mass is 16.2. The molecule has 0 saturated carbocycles. The summed E-state index contributed by atoms with van der Waals surface area (Å²) >= 11 is 0. The summed E-state index contributed by atoms with van der Waals surface area (Å²) in [4.78, 5) is 30.7. The zero-order valence-electron chi connectivity index (χ0n) is 15.8. The van der Waals surface area contributed by atoms with Crippen molar-refractivity contribution in [2.75, 3.05) is 31.1 Å². The second kappa shape index (κ2) is 6.59. The number of hydrogen-bond acceptors (Lipinski definition) is 5. The molecule has 0 N–H and O–H groups in total. The number of pyridine rings is 1. The molecule has 3 aliphatic rings. The Bertz CT molecular complexity index is 854. The van der Waals surface area contributed by atoms with Crippen LogP contribution in [0.2, 0.25) is 0 Å². The van der Waals surface area contributed by atoms with Crippen LogP contribution in [0.25, 0.3) is 0 Å². The van der Waals surface area contributed by atoms with E-state index in [4.69, 9.17) is 4.98 Å². The molecule has 1 aliphatic carbocycles. The lowest BCUT2D eigenvalue weighted by Gasteiger charge is -2.24. The van der Waals surface area contributed by atoms with Gasteiger partial charge in [-0.05, 0) is 37.8 Å². The van der Waals surface area contributed by atoms with Gasteiger partial charge >= 0.3 is 0 Å². The monoisotopic (exact) mass is 363 g/mol. The molecule has 5 rings (SSSR count). The summed E-state index contributed by atoms with van der Waals surface area (Å²) in [6, 6.07) is 3.86. The number of aromatic nitrogens is 3. The fourth-order valence-electron chi connectivity index (χ4n) is 4.95. The van der Waals surface area contributed by atoms with E-state index in [0.717, 1.165) is 56.2 Å². The van der Waals surface area contributed by atoms with E-state index in [-0.39, 0.29) is 5.91 Å². The Hall–Kier alpha value is -2.50. The average Bonchev–Trinajstić information content (AvgIpc) is 3.36. The number of amides is 1. The first-order valence-electron chi connectivity index (χ1n) is 9.95. The van der Waals surface area contributed by atoms with Gasteiger partial charge < -0.3 is 9.80 Å². The predicted octanol–water partition coefficient (Wildman–Crippen LogP) is 1.81. The van der Waals surface area contributed by atoms with Crippen LogP contribution in [0.3, 0.4) is 0 Å². The minimum absolute atomic E-state index is 0.225. The van der Waals surface area contributed by atoms with Crippen LogP contribution in [0, 0.1) is 18.8 Å². The topological polar surface area (TPSA) is 62.2 Å². The third kappa shape index (κ3) is 3.07. The van der Waals surface area contributed by atoms with Gasteiger partial charge in [0.15, 0.2) is 0 Å². The predicted molar refractivity (Wildman–Crippen MR) is 103 cm³/mol. The number of fused-ring (bicyclic) bond motifs is 2. The Labute approximate surface area is 159 Å². The van der Waals surface area contributed by atoms with Gasteiger partial charge in [-0.3, -0.25) is 9.78 Å². The maximum atomic E-state index is 12.7. The maximum Gasteiger partial charge on any atom is 0.227 e. The van der Waals surface area contributed by atoms with Crippen molar-refractivity contribution in [2.24, 2.45) is 11.8 Å². The first-order valence-corrected chi connectivity index (χ1v) is 9.95. The third-order valence-electron chi connectivity index (χ3n) is 6.24. The minimum Gasteiger partial charge on any atom is -0.356 e. The molecule has 27 heavy (non-hydrogen) atoms. The Morgan fingerprint density at radius 3 is 2.70 bits per heavy atom. The molecule has 0 spiro atoms. The summed E-state index contributed by atoms with van der Waals surface area (Å²) in [5.74, 6) is 3.38. The van der Waals surface area contributed by atoms with Gasteiger partial charge in [0.05, 0.1) is 6.42 Å². The first kappa shape index (κ1) is 16.7. The van der Waals surface area contributed by atoms with E-state index in [1.54, 1.807) is 12.4 Å². The zero-order valence-corrected chi connectivity index (χ0v) is 15.8. The quantitative estimate of drug-likeness (QED) is 0.832. The molecule has 2 aliphatic heterocycles. The molecule has 2 aromatic heterocycles. The van der Waals surface area contributed by atoms with Gasteiger partial charge in [0.2, 0.25) is 5.91 Å². The Balaban J connectivity index is 1.26. The average molecular weight is 363 g/mol. The minimum atomic E-state index is 0.225. The molecule has 0 aromatic carbocycles. The van der Waals surface area contributed by atoms with Gasteiger partial charge in [0, 0.05) is 61.7 Å². The van der Waals surface area contributed by atoms with E-state index >= 15 is 0 Å². The highest BCUT2D eigenvalue weighted by Gasteiger charge is 2.42. The van der Waals surface area contributed by atoms with E-state index in [0.29, 0.717) is 18.3 Å². The molecule has 0 bridgehead atoms. The first-order chi connectivity index (χ1) is 13.2. The maximum absolute atomic E-state index is 12.7. The number of carbonyl (C=O) groups is 1. The number of hydrogen-bond donors (Lipinski definition) is 0. The van der Waals surface area contributed by atoms with Gasteiger partial charge in [-0.1, -0.05) is 6.07 Å².